The van der Waals surface area contributed by atoms with Crippen LogP contribution in [0.25, 0.3) is 43.0 Å². The first-order valence-electron chi connectivity index (χ1n) is 25.9. The summed E-state index contributed by atoms with van der Waals surface area (Å²) in [6, 6.07) is 51.6. The highest BCUT2D eigenvalue weighted by Gasteiger charge is 2.39. The number of para-hydroxylation sites is 1. The fraction of sp³-hybridized carbons (Fsp3) is 0.169. The summed E-state index contributed by atoms with van der Waals surface area (Å²) in [5, 5.41) is 11.9. The number of methoxy groups -OCH3 is 3. The zero-order valence-corrected chi connectivity index (χ0v) is 46.0. The van der Waals surface area contributed by atoms with Gasteiger partial charge in [0.2, 0.25) is 12.0 Å². The molecule has 0 saturated carbocycles. The molecule has 2 aliphatic heterocycles. The van der Waals surface area contributed by atoms with Crippen LogP contribution in [0.2, 0.25) is 5.02 Å². The highest BCUT2D eigenvalue weighted by Crippen LogP contribution is 2.51. The number of rotatable bonds is 15. The van der Waals surface area contributed by atoms with Crippen LogP contribution in [-0.2, 0) is 28.2 Å². The maximum Gasteiger partial charge on any atom is 0.345 e. The van der Waals surface area contributed by atoms with Gasteiger partial charge in [-0.25, -0.2) is 24.1 Å². The molecule has 12 rings (SSSR count). The van der Waals surface area contributed by atoms with Gasteiger partial charge in [0, 0.05) is 39.5 Å². The highest BCUT2D eigenvalue weighted by atomic mass is 35.5. The molecule has 10 aromatic rings. The second kappa shape index (κ2) is 23.7. The molecule has 1 N–H and O–H groups in total. The molecule has 0 unspecified atom stereocenters. The average Bonchev–Trinajstić information content (AvgIpc) is 3.95. The molecule has 0 saturated heterocycles. The van der Waals surface area contributed by atoms with E-state index in [-0.39, 0.29) is 32.1 Å². The standard InChI is InChI=1S/C65H53ClFN3O10S/c1-39-51-27-29-55(60(39)66)79-50(38-78-65(42-10-6-5-7-11-42,43-16-22-47(73-2)23-17-43)44-18-24-48(74-3)25-19-44)37-76-49-26-28-53(77-36-46-30-32-68-62(70-46)52-12-8-9-13-54(52)75-4)41(34-49)35-56(64(71)72)80-63-59-57(31-33-69-63)81-61(58(51)59)40-14-20-45(67)21-15-40/h5-34,50,56H,35-38H2,1-4H3,(H,71,72)/t50-,56+/m0/s1. The quantitative estimate of drug-likeness (QED) is 0.0971. The summed E-state index contributed by atoms with van der Waals surface area (Å²) in [7, 11) is 4.83. The van der Waals surface area contributed by atoms with E-state index >= 15 is 0 Å². The molecule has 0 aliphatic carbocycles. The zero-order valence-electron chi connectivity index (χ0n) is 44.4. The number of carbonyl (C=O) groups is 1. The Morgan fingerprint density at radius 2 is 1.43 bits per heavy atom. The minimum absolute atomic E-state index is 0.00208. The van der Waals surface area contributed by atoms with Gasteiger partial charge in [-0.3, -0.25) is 0 Å². The van der Waals surface area contributed by atoms with Gasteiger partial charge in [0.25, 0.3) is 0 Å². The minimum atomic E-state index is -1.49. The molecule has 16 heteroatoms. The predicted molar refractivity (Wildman–Crippen MR) is 309 cm³/mol. The number of aliphatic carboxylic acids is 1. The summed E-state index contributed by atoms with van der Waals surface area (Å²) in [6.07, 6.45) is 0.694. The van der Waals surface area contributed by atoms with Crippen LogP contribution in [0.3, 0.4) is 0 Å². The van der Waals surface area contributed by atoms with Crippen molar-refractivity contribution in [3.63, 3.8) is 0 Å². The van der Waals surface area contributed by atoms with Gasteiger partial charge in [-0.2, -0.15) is 0 Å². The van der Waals surface area contributed by atoms with E-state index in [0.29, 0.717) is 84.2 Å². The lowest BCUT2D eigenvalue weighted by Gasteiger charge is -2.37. The molecule has 81 heavy (non-hydrogen) atoms. The lowest BCUT2D eigenvalue weighted by Crippen LogP contribution is -2.39. The first kappa shape index (κ1) is 54.0. The van der Waals surface area contributed by atoms with Gasteiger partial charge in [-0.15, -0.1) is 11.3 Å². The molecule has 3 aromatic heterocycles. The molecule has 2 atom stereocenters. The van der Waals surface area contributed by atoms with E-state index in [1.165, 1.54) is 23.5 Å². The Kier molecular flexibility index (Phi) is 15.8. The van der Waals surface area contributed by atoms with Crippen LogP contribution in [-0.4, -0.2) is 72.8 Å². The van der Waals surface area contributed by atoms with E-state index in [1.54, 1.807) is 76.2 Å². The second-order valence-corrected chi connectivity index (χ2v) is 20.4. The smallest absolute Gasteiger partial charge is 0.345 e. The molecular formula is C65H53ClFN3O10S. The van der Waals surface area contributed by atoms with Gasteiger partial charge in [-0.1, -0.05) is 96.5 Å². The van der Waals surface area contributed by atoms with Crippen molar-refractivity contribution in [1.82, 2.24) is 15.0 Å². The lowest BCUT2D eigenvalue weighted by molar-refractivity contribution is -0.145. The molecule has 0 radical (unpaired) electrons. The molecule has 0 spiro atoms. The number of thiophene rings is 1. The Bertz CT molecular complexity index is 3820. The molecule has 7 aromatic carbocycles. The van der Waals surface area contributed by atoms with Crippen molar-refractivity contribution in [3.8, 4) is 73.3 Å². The van der Waals surface area contributed by atoms with E-state index in [9.17, 15) is 14.3 Å². The van der Waals surface area contributed by atoms with Gasteiger partial charge in [-0.05, 0) is 125 Å². The van der Waals surface area contributed by atoms with Gasteiger partial charge < -0.3 is 43.0 Å². The van der Waals surface area contributed by atoms with Gasteiger partial charge >= 0.3 is 5.97 Å². The molecule has 13 nitrogen and oxygen atoms in total. The van der Waals surface area contributed by atoms with Crippen molar-refractivity contribution in [2.24, 2.45) is 0 Å². The maximum absolute atomic E-state index is 14.5. The second-order valence-electron chi connectivity index (χ2n) is 19.0. The van der Waals surface area contributed by atoms with Crippen molar-refractivity contribution in [2.45, 2.75) is 37.8 Å². The summed E-state index contributed by atoms with van der Waals surface area (Å²) in [4.78, 5) is 28.3. The van der Waals surface area contributed by atoms with Crippen molar-refractivity contribution in [1.29, 1.82) is 0 Å². The number of hydrogen-bond donors (Lipinski definition) is 1. The summed E-state index contributed by atoms with van der Waals surface area (Å²) in [6.45, 7) is 1.75. The number of hydrogen-bond acceptors (Lipinski definition) is 13. The van der Waals surface area contributed by atoms with Crippen molar-refractivity contribution >= 4 is 39.0 Å². The van der Waals surface area contributed by atoms with Gasteiger partial charge in [0.05, 0.1) is 49.6 Å². The van der Waals surface area contributed by atoms with Gasteiger partial charge in [0.15, 0.2) is 11.9 Å². The number of carboxylic acids is 1. The normalized spacial score (nSPS) is 14.2. The third-order valence-corrected chi connectivity index (χ3v) is 15.8. The Labute approximate surface area is 476 Å². The molecule has 2 aliphatic rings. The zero-order chi connectivity index (χ0) is 56.0. The number of carboxylic acid groups (broad SMARTS) is 1. The Hall–Kier alpha value is -9.02. The van der Waals surface area contributed by atoms with Crippen molar-refractivity contribution in [2.75, 3.05) is 34.5 Å². The Morgan fingerprint density at radius 1 is 0.741 bits per heavy atom. The first-order valence-corrected chi connectivity index (χ1v) is 27.1. The average molecular weight is 1120 g/mol. The molecule has 0 fully saturated rings. The molecule has 0 amide bonds. The van der Waals surface area contributed by atoms with Crippen LogP contribution in [0.1, 0.15) is 33.5 Å². The van der Waals surface area contributed by atoms with Crippen LogP contribution in [0.15, 0.2) is 182 Å². The summed E-state index contributed by atoms with van der Waals surface area (Å²) in [5.41, 5.74) is 5.68. The van der Waals surface area contributed by atoms with Crippen LogP contribution in [0.5, 0.6) is 40.4 Å². The van der Waals surface area contributed by atoms with E-state index in [4.69, 9.17) is 54.5 Å². The van der Waals surface area contributed by atoms with Crippen LogP contribution >= 0.6 is 22.9 Å². The molecule has 408 valence electrons. The number of halogens is 2. The number of aromatic nitrogens is 3. The third-order valence-electron chi connectivity index (χ3n) is 14.1. The first-order chi connectivity index (χ1) is 39.5. The maximum atomic E-state index is 14.5. The highest BCUT2D eigenvalue weighted by molar-refractivity contribution is 7.23. The Morgan fingerprint density at radius 3 is 2.14 bits per heavy atom. The van der Waals surface area contributed by atoms with E-state index in [1.807, 2.05) is 122 Å². The lowest BCUT2D eigenvalue weighted by atomic mass is 9.80. The monoisotopic (exact) mass is 1120 g/mol. The number of fused-ring (bicyclic) bond motifs is 7. The Balaban J connectivity index is 1.04. The summed E-state index contributed by atoms with van der Waals surface area (Å²) < 4.78 is 66.3. The third kappa shape index (κ3) is 11.2. The minimum Gasteiger partial charge on any atom is -0.497 e. The largest absolute Gasteiger partial charge is 0.497 e. The van der Waals surface area contributed by atoms with E-state index < -0.39 is 29.6 Å². The fourth-order valence-electron chi connectivity index (χ4n) is 10.0. The molecule has 5 heterocycles. The van der Waals surface area contributed by atoms with Crippen molar-refractivity contribution in [3.05, 3.63) is 227 Å². The van der Waals surface area contributed by atoms with Crippen LogP contribution in [0.4, 0.5) is 4.39 Å². The van der Waals surface area contributed by atoms with Gasteiger partial charge in [0.1, 0.15) is 59.1 Å². The topological polar surface area (TPSA) is 150 Å². The summed E-state index contributed by atoms with van der Waals surface area (Å²) >= 11 is 8.91. The fourth-order valence-corrected chi connectivity index (χ4v) is 11.4. The van der Waals surface area contributed by atoms with Crippen molar-refractivity contribution < 1.29 is 52.2 Å². The number of benzene rings is 7. The number of pyridine rings is 1. The van der Waals surface area contributed by atoms with Crippen LogP contribution < -0.4 is 33.2 Å². The van der Waals surface area contributed by atoms with Crippen LogP contribution in [0, 0.1) is 12.7 Å². The van der Waals surface area contributed by atoms with E-state index in [0.717, 1.165) is 31.8 Å². The predicted octanol–water partition coefficient (Wildman–Crippen LogP) is 14.0. The molecule has 4 bridgehead atoms. The number of nitrogens with zero attached hydrogens (tertiary/aromatic N) is 3. The summed E-state index contributed by atoms with van der Waals surface area (Å²) in [5.74, 6) is 1.92. The molecular weight excluding hydrogens is 1070 g/mol. The number of ether oxygens (including phenoxy) is 8. The SMILES string of the molecule is COc1ccc(C(OC[C@@H]2COc3ccc(OCc4ccnc(-c5ccccc5OC)n4)c(c3)C[C@H](C(=O)O)Oc3nccc4sc(-c5ccc(F)cc5)c(c34)-c3ccc(c(Cl)c3C)O2)(c2ccccc2)c2ccc(OC)cc2)cc1. The van der Waals surface area contributed by atoms with E-state index in [2.05, 4.69) is 9.97 Å².